The van der Waals surface area contributed by atoms with Crippen molar-refractivity contribution in [3.63, 3.8) is 0 Å². The van der Waals surface area contributed by atoms with Gasteiger partial charge in [0, 0.05) is 18.9 Å². The van der Waals surface area contributed by atoms with Crippen molar-refractivity contribution < 1.29 is 4.79 Å². The van der Waals surface area contributed by atoms with Crippen LogP contribution in [0.1, 0.15) is 22.8 Å². The Bertz CT molecular complexity index is 566. The molecule has 0 bridgehead atoms. The van der Waals surface area contributed by atoms with Crippen molar-refractivity contribution in [3.05, 3.63) is 47.8 Å². The molecule has 2 N–H and O–H groups in total. The van der Waals surface area contributed by atoms with Crippen LogP contribution in [0.5, 0.6) is 0 Å². The number of hydrogen-bond acceptors (Lipinski definition) is 4. The number of aromatic nitrogens is 2. The standard InChI is InChI=1S/C14H16N4O/c1-3-15-13-11(5-4-8-16-13)14(19)18-12-7-6-10(2)9-17-12/h4-9H,3H2,1-2H3,(H,15,16)(H,17,18,19). The molecule has 0 atom stereocenters. The normalized spacial score (nSPS) is 10.0. The van der Waals surface area contributed by atoms with Gasteiger partial charge in [0.25, 0.3) is 5.91 Å². The SMILES string of the molecule is CCNc1ncccc1C(=O)Nc1ccc(C)cn1. The summed E-state index contributed by atoms with van der Waals surface area (Å²) in [6.07, 6.45) is 3.36. The average Bonchev–Trinajstić information content (AvgIpc) is 2.42. The van der Waals surface area contributed by atoms with E-state index in [-0.39, 0.29) is 5.91 Å². The van der Waals surface area contributed by atoms with Crippen LogP contribution in [0.25, 0.3) is 0 Å². The second-order valence-electron chi connectivity index (χ2n) is 4.10. The first-order valence-corrected chi connectivity index (χ1v) is 6.13. The second kappa shape index (κ2) is 5.95. The first kappa shape index (κ1) is 13.0. The molecule has 0 fully saturated rings. The third-order valence-corrected chi connectivity index (χ3v) is 2.55. The molecule has 2 heterocycles. The molecule has 5 heteroatoms. The number of carbonyl (C=O) groups excluding carboxylic acids is 1. The number of aryl methyl sites for hydroxylation is 1. The van der Waals surface area contributed by atoms with Crippen LogP contribution >= 0.6 is 0 Å². The Morgan fingerprint density at radius 3 is 2.79 bits per heavy atom. The summed E-state index contributed by atoms with van der Waals surface area (Å²) in [5.41, 5.74) is 1.56. The topological polar surface area (TPSA) is 66.9 Å². The second-order valence-corrected chi connectivity index (χ2v) is 4.10. The Balaban J connectivity index is 2.18. The zero-order valence-electron chi connectivity index (χ0n) is 11.0. The molecule has 0 saturated carbocycles. The van der Waals surface area contributed by atoms with E-state index >= 15 is 0 Å². The Kier molecular flexibility index (Phi) is 4.07. The smallest absolute Gasteiger partial charge is 0.260 e. The van der Waals surface area contributed by atoms with Gasteiger partial charge in [0.15, 0.2) is 0 Å². The van der Waals surface area contributed by atoms with Crippen LogP contribution in [-0.2, 0) is 0 Å². The van der Waals surface area contributed by atoms with Crippen molar-refractivity contribution in [2.75, 3.05) is 17.2 Å². The van der Waals surface area contributed by atoms with E-state index in [9.17, 15) is 4.79 Å². The first-order valence-electron chi connectivity index (χ1n) is 6.13. The third kappa shape index (κ3) is 3.28. The van der Waals surface area contributed by atoms with E-state index in [4.69, 9.17) is 0 Å². The van der Waals surface area contributed by atoms with E-state index in [0.717, 1.165) is 5.56 Å². The van der Waals surface area contributed by atoms with E-state index < -0.39 is 0 Å². The lowest BCUT2D eigenvalue weighted by atomic mass is 10.2. The molecule has 98 valence electrons. The van der Waals surface area contributed by atoms with Crippen LogP contribution < -0.4 is 10.6 Å². The van der Waals surface area contributed by atoms with E-state index in [1.54, 1.807) is 30.6 Å². The van der Waals surface area contributed by atoms with Crippen LogP contribution in [0.15, 0.2) is 36.7 Å². The molecule has 19 heavy (non-hydrogen) atoms. The summed E-state index contributed by atoms with van der Waals surface area (Å²) in [4.78, 5) is 20.5. The molecule has 0 spiro atoms. The molecule has 0 aliphatic heterocycles. The number of amides is 1. The first-order chi connectivity index (χ1) is 9.20. The highest BCUT2D eigenvalue weighted by atomic mass is 16.1. The molecule has 0 aliphatic carbocycles. The maximum Gasteiger partial charge on any atom is 0.260 e. The quantitative estimate of drug-likeness (QED) is 0.881. The largest absolute Gasteiger partial charge is 0.370 e. The van der Waals surface area contributed by atoms with Gasteiger partial charge in [-0.25, -0.2) is 9.97 Å². The Labute approximate surface area is 112 Å². The van der Waals surface area contributed by atoms with Gasteiger partial charge in [0.2, 0.25) is 0 Å². The van der Waals surface area contributed by atoms with Crippen molar-refractivity contribution in [2.24, 2.45) is 0 Å². The summed E-state index contributed by atoms with van der Waals surface area (Å²) in [5, 5.41) is 5.81. The summed E-state index contributed by atoms with van der Waals surface area (Å²) < 4.78 is 0. The highest BCUT2D eigenvalue weighted by Crippen LogP contribution is 2.13. The molecule has 2 aromatic rings. The lowest BCUT2D eigenvalue weighted by molar-refractivity contribution is 0.102. The van der Waals surface area contributed by atoms with Crippen LogP contribution in [-0.4, -0.2) is 22.4 Å². The minimum atomic E-state index is -0.222. The fourth-order valence-corrected chi connectivity index (χ4v) is 1.62. The zero-order valence-corrected chi connectivity index (χ0v) is 11.0. The summed E-state index contributed by atoms with van der Waals surface area (Å²) in [7, 11) is 0. The molecular weight excluding hydrogens is 240 g/mol. The van der Waals surface area contributed by atoms with Crippen molar-refractivity contribution in [3.8, 4) is 0 Å². The van der Waals surface area contributed by atoms with Gasteiger partial charge in [-0.3, -0.25) is 4.79 Å². The maximum absolute atomic E-state index is 12.2. The highest BCUT2D eigenvalue weighted by Gasteiger charge is 2.12. The van der Waals surface area contributed by atoms with Gasteiger partial charge in [-0.2, -0.15) is 0 Å². The van der Waals surface area contributed by atoms with E-state index in [1.807, 2.05) is 19.9 Å². The molecule has 0 radical (unpaired) electrons. The van der Waals surface area contributed by atoms with Crippen LogP contribution in [0.3, 0.4) is 0 Å². The van der Waals surface area contributed by atoms with Gasteiger partial charge in [0.1, 0.15) is 11.6 Å². The van der Waals surface area contributed by atoms with Crippen molar-refractivity contribution in [1.82, 2.24) is 9.97 Å². The molecule has 0 aromatic carbocycles. The minimum Gasteiger partial charge on any atom is -0.370 e. The van der Waals surface area contributed by atoms with Gasteiger partial charge in [-0.05, 0) is 37.6 Å². The average molecular weight is 256 g/mol. The number of rotatable bonds is 4. The Morgan fingerprint density at radius 2 is 2.11 bits per heavy atom. The molecule has 5 nitrogen and oxygen atoms in total. The van der Waals surface area contributed by atoms with Crippen molar-refractivity contribution >= 4 is 17.5 Å². The van der Waals surface area contributed by atoms with Crippen LogP contribution in [0, 0.1) is 6.92 Å². The third-order valence-electron chi connectivity index (χ3n) is 2.55. The number of nitrogens with zero attached hydrogens (tertiary/aromatic N) is 2. The lowest BCUT2D eigenvalue weighted by Crippen LogP contribution is -2.16. The summed E-state index contributed by atoms with van der Waals surface area (Å²) >= 11 is 0. The number of anilines is 2. The number of nitrogens with one attached hydrogen (secondary N) is 2. The van der Waals surface area contributed by atoms with Gasteiger partial charge >= 0.3 is 0 Å². The molecule has 2 rings (SSSR count). The fraction of sp³-hybridized carbons (Fsp3) is 0.214. The highest BCUT2D eigenvalue weighted by molar-refractivity contribution is 6.06. The lowest BCUT2D eigenvalue weighted by Gasteiger charge is -2.09. The van der Waals surface area contributed by atoms with Crippen molar-refractivity contribution in [2.45, 2.75) is 13.8 Å². The van der Waals surface area contributed by atoms with Gasteiger partial charge < -0.3 is 10.6 Å². The molecular formula is C14H16N4O. The maximum atomic E-state index is 12.2. The molecule has 1 amide bonds. The summed E-state index contributed by atoms with van der Waals surface area (Å²) in [6.45, 7) is 4.61. The van der Waals surface area contributed by atoms with Gasteiger partial charge in [0.05, 0.1) is 5.56 Å². The predicted molar refractivity (Wildman–Crippen MR) is 75.3 cm³/mol. The molecule has 2 aromatic heterocycles. The summed E-state index contributed by atoms with van der Waals surface area (Å²) in [6, 6.07) is 7.14. The number of hydrogen-bond donors (Lipinski definition) is 2. The zero-order chi connectivity index (χ0) is 13.7. The Hall–Kier alpha value is -2.43. The van der Waals surface area contributed by atoms with E-state index in [1.165, 1.54) is 0 Å². The number of carbonyl (C=O) groups is 1. The Morgan fingerprint density at radius 1 is 1.26 bits per heavy atom. The van der Waals surface area contributed by atoms with Gasteiger partial charge in [-0.1, -0.05) is 6.07 Å². The fourth-order valence-electron chi connectivity index (χ4n) is 1.62. The molecule has 0 aliphatic rings. The minimum absolute atomic E-state index is 0.222. The van der Waals surface area contributed by atoms with E-state index in [2.05, 4.69) is 20.6 Å². The predicted octanol–water partition coefficient (Wildman–Crippen LogP) is 2.47. The van der Waals surface area contributed by atoms with Gasteiger partial charge in [-0.15, -0.1) is 0 Å². The van der Waals surface area contributed by atoms with Crippen molar-refractivity contribution in [1.29, 1.82) is 0 Å². The monoisotopic (exact) mass is 256 g/mol. The van der Waals surface area contributed by atoms with Crippen LogP contribution in [0.4, 0.5) is 11.6 Å². The summed E-state index contributed by atoms with van der Waals surface area (Å²) in [5.74, 6) is 0.886. The number of pyridine rings is 2. The molecule has 0 unspecified atom stereocenters. The van der Waals surface area contributed by atoms with Crippen LogP contribution in [0.2, 0.25) is 0 Å². The molecule has 0 saturated heterocycles. The van der Waals surface area contributed by atoms with E-state index in [0.29, 0.717) is 23.7 Å².